The fourth-order valence-corrected chi connectivity index (χ4v) is 2.80. The molecule has 0 radical (unpaired) electrons. The standard InChI is InChI=1S/C14H21N3O2/c1-9-7-10(2)17-14(16-9)15-8-11-5-3-4-6-12(11)13(18)19/h7,11-12H,3-6,8H2,1-2H3,(H,18,19)(H,15,16,17). The molecule has 1 heterocycles. The Morgan fingerprint density at radius 3 is 2.58 bits per heavy atom. The Hall–Kier alpha value is -1.65. The van der Waals surface area contributed by atoms with Gasteiger partial charge in [0.2, 0.25) is 5.95 Å². The molecule has 2 atom stereocenters. The van der Waals surface area contributed by atoms with Crippen molar-refractivity contribution < 1.29 is 9.90 Å². The van der Waals surface area contributed by atoms with E-state index in [0.29, 0.717) is 12.5 Å². The Balaban J connectivity index is 1.98. The summed E-state index contributed by atoms with van der Waals surface area (Å²) in [4.78, 5) is 19.9. The molecule has 0 saturated heterocycles. The molecule has 19 heavy (non-hydrogen) atoms. The van der Waals surface area contributed by atoms with Crippen LogP contribution in [0.15, 0.2) is 6.07 Å². The average molecular weight is 263 g/mol. The van der Waals surface area contributed by atoms with E-state index in [1.807, 2.05) is 19.9 Å². The summed E-state index contributed by atoms with van der Waals surface area (Å²) in [7, 11) is 0. The van der Waals surface area contributed by atoms with Crippen molar-refractivity contribution in [2.45, 2.75) is 39.5 Å². The number of anilines is 1. The number of nitrogens with zero attached hydrogens (tertiary/aromatic N) is 2. The maximum atomic E-state index is 11.2. The van der Waals surface area contributed by atoms with E-state index in [2.05, 4.69) is 15.3 Å². The molecule has 5 nitrogen and oxygen atoms in total. The second-order valence-electron chi connectivity index (χ2n) is 5.34. The molecular formula is C14H21N3O2. The molecule has 2 N–H and O–H groups in total. The van der Waals surface area contributed by atoms with E-state index >= 15 is 0 Å². The molecule has 2 unspecified atom stereocenters. The monoisotopic (exact) mass is 263 g/mol. The molecule has 2 rings (SSSR count). The highest BCUT2D eigenvalue weighted by Crippen LogP contribution is 2.30. The summed E-state index contributed by atoms with van der Waals surface area (Å²) in [6, 6.07) is 1.92. The summed E-state index contributed by atoms with van der Waals surface area (Å²) in [5, 5.41) is 12.4. The van der Waals surface area contributed by atoms with Gasteiger partial charge in [-0.3, -0.25) is 4.79 Å². The van der Waals surface area contributed by atoms with Crippen LogP contribution in [0.2, 0.25) is 0 Å². The lowest BCUT2D eigenvalue weighted by Gasteiger charge is -2.28. The lowest BCUT2D eigenvalue weighted by Crippen LogP contribution is -2.32. The first-order chi connectivity index (χ1) is 9.06. The number of carbonyl (C=O) groups is 1. The zero-order valence-electron chi connectivity index (χ0n) is 11.5. The third-order valence-electron chi connectivity index (χ3n) is 3.73. The van der Waals surface area contributed by atoms with Crippen molar-refractivity contribution in [2.24, 2.45) is 11.8 Å². The lowest BCUT2D eigenvalue weighted by molar-refractivity contribution is -0.144. The molecule has 104 valence electrons. The van der Waals surface area contributed by atoms with E-state index in [9.17, 15) is 9.90 Å². The van der Waals surface area contributed by atoms with E-state index in [1.54, 1.807) is 0 Å². The summed E-state index contributed by atoms with van der Waals surface area (Å²) in [6.07, 6.45) is 3.89. The Labute approximate surface area is 113 Å². The quantitative estimate of drug-likeness (QED) is 0.872. The van der Waals surface area contributed by atoms with Crippen LogP contribution >= 0.6 is 0 Å². The van der Waals surface area contributed by atoms with Crippen LogP contribution in [-0.4, -0.2) is 27.6 Å². The van der Waals surface area contributed by atoms with E-state index in [0.717, 1.165) is 37.1 Å². The fraction of sp³-hybridized carbons (Fsp3) is 0.643. The number of aromatic nitrogens is 2. The summed E-state index contributed by atoms with van der Waals surface area (Å²) in [5.41, 5.74) is 1.85. The first kappa shape index (κ1) is 13.8. The maximum Gasteiger partial charge on any atom is 0.306 e. The molecule has 0 aromatic carbocycles. The summed E-state index contributed by atoms with van der Waals surface area (Å²) < 4.78 is 0. The summed E-state index contributed by atoms with van der Waals surface area (Å²) >= 11 is 0. The number of hydrogen-bond donors (Lipinski definition) is 2. The Bertz CT molecular complexity index is 442. The van der Waals surface area contributed by atoms with Crippen LogP contribution < -0.4 is 5.32 Å². The minimum Gasteiger partial charge on any atom is -0.481 e. The normalized spacial score (nSPS) is 23.1. The SMILES string of the molecule is Cc1cc(C)nc(NCC2CCCCC2C(=O)O)n1. The highest BCUT2D eigenvalue weighted by atomic mass is 16.4. The van der Waals surface area contributed by atoms with Gasteiger partial charge < -0.3 is 10.4 Å². The van der Waals surface area contributed by atoms with Crippen molar-refractivity contribution in [3.63, 3.8) is 0 Å². The Morgan fingerprint density at radius 2 is 1.95 bits per heavy atom. The van der Waals surface area contributed by atoms with Crippen molar-refractivity contribution >= 4 is 11.9 Å². The van der Waals surface area contributed by atoms with Crippen molar-refractivity contribution in [1.82, 2.24) is 9.97 Å². The Kier molecular flexibility index (Phi) is 4.35. The van der Waals surface area contributed by atoms with Gasteiger partial charge in [-0.05, 0) is 38.7 Å². The minimum atomic E-state index is -0.673. The number of rotatable bonds is 4. The van der Waals surface area contributed by atoms with Gasteiger partial charge in [-0.2, -0.15) is 0 Å². The van der Waals surface area contributed by atoms with Crippen LogP contribution in [0, 0.1) is 25.7 Å². The van der Waals surface area contributed by atoms with Crippen LogP contribution in [0.5, 0.6) is 0 Å². The number of carboxylic acid groups (broad SMARTS) is 1. The number of aryl methyl sites for hydroxylation is 2. The molecule has 5 heteroatoms. The van der Waals surface area contributed by atoms with E-state index < -0.39 is 5.97 Å². The molecule has 1 aliphatic rings. The van der Waals surface area contributed by atoms with Gasteiger partial charge in [-0.25, -0.2) is 9.97 Å². The molecule has 1 aliphatic carbocycles. The van der Waals surface area contributed by atoms with Crippen LogP contribution in [-0.2, 0) is 4.79 Å². The molecule has 0 bridgehead atoms. The van der Waals surface area contributed by atoms with Crippen molar-refractivity contribution in [3.8, 4) is 0 Å². The second-order valence-corrected chi connectivity index (χ2v) is 5.34. The van der Waals surface area contributed by atoms with Crippen LogP contribution in [0.1, 0.15) is 37.1 Å². The van der Waals surface area contributed by atoms with Crippen LogP contribution in [0.3, 0.4) is 0 Å². The molecule has 1 fully saturated rings. The highest BCUT2D eigenvalue weighted by molar-refractivity contribution is 5.70. The molecule has 0 amide bonds. The number of carboxylic acids is 1. The number of hydrogen-bond acceptors (Lipinski definition) is 4. The summed E-state index contributed by atoms with van der Waals surface area (Å²) in [5.74, 6) is -0.122. The largest absolute Gasteiger partial charge is 0.481 e. The van der Waals surface area contributed by atoms with Gasteiger partial charge in [0.05, 0.1) is 5.92 Å². The second kappa shape index (κ2) is 5.99. The van der Waals surface area contributed by atoms with Gasteiger partial charge in [0.25, 0.3) is 0 Å². The Morgan fingerprint density at radius 1 is 1.32 bits per heavy atom. The van der Waals surface area contributed by atoms with E-state index in [-0.39, 0.29) is 11.8 Å². The van der Waals surface area contributed by atoms with Crippen LogP contribution in [0.25, 0.3) is 0 Å². The van der Waals surface area contributed by atoms with Crippen molar-refractivity contribution in [3.05, 3.63) is 17.5 Å². The third-order valence-corrected chi connectivity index (χ3v) is 3.73. The first-order valence-electron chi connectivity index (χ1n) is 6.85. The fourth-order valence-electron chi connectivity index (χ4n) is 2.80. The van der Waals surface area contributed by atoms with Gasteiger partial charge in [0.1, 0.15) is 0 Å². The lowest BCUT2D eigenvalue weighted by atomic mass is 9.79. The third kappa shape index (κ3) is 3.66. The molecule has 0 spiro atoms. The number of aliphatic carboxylic acids is 1. The van der Waals surface area contributed by atoms with E-state index in [1.165, 1.54) is 0 Å². The number of nitrogens with one attached hydrogen (secondary N) is 1. The topological polar surface area (TPSA) is 75.1 Å². The molecule has 1 saturated carbocycles. The van der Waals surface area contributed by atoms with Gasteiger partial charge in [0.15, 0.2) is 0 Å². The van der Waals surface area contributed by atoms with Crippen molar-refractivity contribution in [1.29, 1.82) is 0 Å². The first-order valence-corrected chi connectivity index (χ1v) is 6.85. The molecule has 1 aromatic heterocycles. The smallest absolute Gasteiger partial charge is 0.306 e. The molecule has 1 aromatic rings. The highest BCUT2D eigenvalue weighted by Gasteiger charge is 2.30. The van der Waals surface area contributed by atoms with E-state index in [4.69, 9.17) is 0 Å². The van der Waals surface area contributed by atoms with Crippen LogP contribution in [0.4, 0.5) is 5.95 Å². The zero-order valence-corrected chi connectivity index (χ0v) is 11.5. The molecular weight excluding hydrogens is 242 g/mol. The predicted octanol–water partition coefficient (Wildman–Crippen LogP) is 2.40. The van der Waals surface area contributed by atoms with Gasteiger partial charge in [-0.1, -0.05) is 12.8 Å². The summed E-state index contributed by atoms with van der Waals surface area (Å²) in [6.45, 7) is 4.50. The average Bonchev–Trinajstić information content (AvgIpc) is 2.35. The molecule has 0 aliphatic heterocycles. The van der Waals surface area contributed by atoms with Gasteiger partial charge in [0, 0.05) is 17.9 Å². The minimum absolute atomic E-state index is 0.177. The zero-order chi connectivity index (χ0) is 13.8. The van der Waals surface area contributed by atoms with Gasteiger partial charge >= 0.3 is 5.97 Å². The van der Waals surface area contributed by atoms with Crippen molar-refractivity contribution in [2.75, 3.05) is 11.9 Å². The van der Waals surface area contributed by atoms with Gasteiger partial charge in [-0.15, -0.1) is 0 Å². The maximum absolute atomic E-state index is 11.2. The predicted molar refractivity (Wildman–Crippen MR) is 73.1 cm³/mol.